The average molecular weight is 760 g/mol. The third-order valence-corrected chi connectivity index (χ3v) is 11.1. The van der Waals surface area contributed by atoms with Crippen LogP contribution in [0.15, 0.2) is 0 Å². The molecule has 0 radical (unpaired) electrons. The lowest BCUT2D eigenvalue weighted by Crippen LogP contribution is -2.60. The van der Waals surface area contributed by atoms with Crippen molar-refractivity contribution in [1.82, 2.24) is 5.32 Å². The SMILES string of the molecule is CCCCCCCCCCCCCCCCCC(=O)N[C@@H](CO[C@@H]1O[C@H](CO)[C@@H](O)C(O)C1O)[C@H](O)[C@H](O)CCCCCCCCCCCCCCC. The fourth-order valence-corrected chi connectivity index (χ4v) is 7.38. The third-order valence-electron chi connectivity index (χ3n) is 11.1. The molecule has 8 atom stereocenters. The predicted molar refractivity (Wildman–Crippen MR) is 214 cm³/mol. The van der Waals surface area contributed by atoms with Crippen molar-refractivity contribution in [3.05, 3.63) is 0 Å². The highest BCUT2D eigenvalue weighted by Crippen LogP contribution is 2.23. The summed E-state index contributed by atoms with van der Waals surface area (Å²) < 4.78 is 11.1. The zero-order chi connectivity index (χ0) is 38.9. The van der Waals surface area contributed by atoms with Gasteiger partial charge < -0.3 is 45.4 Å². The minimum absolute atomic E-state index is 0.255. The molecule has 1 aliphatic rings. The molecule has 316 valence electrons. The molecule has 53 heavy (non-hydrogen) atoms. The Balaban J connectivity index is 2.41. The van der Waals surface area contributed by atoms with Gasteiger partial charge in [-0.3, -0.25) is 4.79 Å². The molecule has 0 aromatic heterocycles. The summed E-state index contributed by atoms with van der Waals surface area (Å²) in [5.41, 5.74) is 0. The molecule has 10 nitrogen and oxygen atoms in total. The second kappa shape index (κ2) is 34.4. The number of rotatable bonds is 37. The summed E-state index contributed by atoms with van der Waals surface area (Å²) in [7, 11) is 0. The molecule has 10 heteroatoms. The zero-order valence-electron chi connectivity index (χ0n) is 34.2. The van der Waals surface area contributed by atoms with Crippen molar-refractivity contribution < 1.29 is 44.9 Å². The Morgan fingerprint density at radius 3 is 1.40 bits per heavy atom. The van der Waals surface area contributed by atoms with E-state index in [4.69, 9.17) is 9.47 Å². The standard InChI is InChI=1S/C43H85NO9/c1-3-5-7-9-11-13-15-17-18-20-22-24-26-28-30-32-38(47)44-35(34-52-43-42(51)41(50)40(49)37(33-45)53-43)39(48)36(46)31-29-27-25-23-21-19-16-14-12-10-8-6-4-2/h35-37,39-43,45-46,48-51H,3-34H2,1-2H3,(H,44,47)/t35-,36+,37+,39-,40+,41?,42?,43+/m0/s1. The van der Waals surface area contributed by atoms with Crippen molar-refractivity contribution in [2.24, 2.45) is 0 Å². The first-order valence-electron chi connectivity index (χ1n) is 22.3. The van der Waals surface area contributed by atoms with Crippen LogP contribution in [0.5, 0.6) is 0 Å². The van der Waals surface area contributed by atoms with E-state index in [9.17, 15) is 35.4 Å². The summed E-state index contributed by atoms with van der Waals surface area (Å²) in [6.07, 6.45) is 25.3. The molecule has 0 aliphatic carbocycles. The van der Waals surface area contributed by atoms with E-state index in [1.54, 1.807) is 0 Å². The Kier molecular flexibility index (Phi) is 32.6. The number of ether oxygens (including phenoxy) is 2. The fraction of sp³-hybridized carbons (Fsp3) is 0.977. The smallest absolute Gasteiger partial charge is 0.220 e. The zero-order valence-corrected chi connectivity index (χ0v) is 34.2. The highest BCUT2D eigenvalue weighted by atomic mass is 16.7. The summed E-state index contributed by atoms with van der Waals surface area (Å²) in [6, 6.07) is -0.983. The van der Waals surface area contributed by atoms with Crippen LogP contribution >= 0.6 is 0 Å². The topological polar surface area (TPSA) is 169 Å². The van der Waals surface area contributed by atoms with Gasteiger partial charge >= 0.3 is 0 Å². The van der Waals surface area contributed by atoms with Crippen molar-refractivity contribution in [3.63, 3.8) is 0 Å². The molecule has 7 N–H and O–H groups in total. The average Bonchev–Trinajstić information content (AvgIpc) is 3.16. The van der Waals surface area contributed by atoms with E-state index in [1.807, 2.05) is 0 Å². The Morgan fingerprint density at radius 2 is 0.981 bits per heavy atom. The maximum atomic E-state index is 13.0. The Bertz CT molecular complexity index is 819. The van der Waals surface area contributed by atoms with E-state index in [0.717, 1.165) is 44.9 Å². The van der Waals surface area contributed by atoms with Crippen LogP contribution in [0.25, 0.3) is 0 Å². The number of hydrogen-bond acceptors (Lipinski definition) is 9. The maximum absolute atomic E-state index is 13.0. The molecule has 0 spiro atoms. The fourth-order valence-electron chi connectivity index (χ4n) is 7.38. The van der Waals surface area contributed by atoms with Crippen molar-refractivity contribution in [3.8, 4) is 0 Å². The van der Waals surface area contributed by atoms with Crippen molar-refractivity contribution in [1.29, 1.82) is 0 Å². The first-order valence-corrected chi connectivity index (χ1v) is 22.3. The van der Waals surface area contributed by atoms with E-state index in [-0.39, 0.29) is 18.9 Å². The Labute approximate surface area is 324 Å². The molecule has 0 aromatic rings. The Hall–Kier alpha value is -0.850. The largest absolute Gasteiger partial charge is 0.394 e. The van der Waals surface area contributed by atoms with Gasteiger partial charge in [0.05, 0.1) is 25.4 Å². The van der Waals surface area contributed by atoms with Crippen LogP contribution in [0, 0.1) is 0 Å². The summed E-state index contributed by atoms with van der Waals surface area (Å²) >= 11 is 0. The molecule has 1 saturated heterocycles. The predicted octanol–water partition coefficient (Wildman–Crippen LogP) is 7.75. The highest BCUT2D eigenvalue weighted by Gasteiger charge is 2.44. The van der Waals surface area contributed by atoms with Crippen LogP contribution in [-0.2, 0) is 14.3 Å². The number of aliphatic hydroxyl groups is 6. The number of unbranched alkanes of at least 4 members (excludes halogenated alkanes) is 26. The number of carbonyl (C=O) groups excluding carboxylic acids is 1. The molecule has 1 heterocycles. The molecule has 0 bridgehead atoms. The van der Waals surface area contributed by atoms with Gasteiger partial charge in [0.2, 0.25) is 5.91 Å². The summed E-state index contributed by atoms with van der Waals surface area (Å²) in [5, 5.41) is 65.0. The van der Waals surface area contributed by atoms with Gasteiger partial charge in [0, 0.05) is 6.42 Å². The van der Waals surface area contributed by atoms with E-state index in [1.165, 1.54) is 135 Å². The second-order valence-corrected chi connectivity index (χ2v) is 16.0. The molecule has 1 aliphatic heterocycles. The summed E-state index contributed by atoms with van der Waals surface area (Å²) in [6.45, 7) is 3.61. The number of hydrogen-bond donors (Lipinski definition) is 7. The van der Waals surface area contributed by atoms with Crippen LogP contribution < -0.4 is 5.32 Å². The molecule has 2 unspecified atom stereocenters. The van der Waals surface area contributed by atoms with Gasteiger partial charge in [-0.2, -0.15) is 0 Å². The van der Waals surface area contributed by atoms with Gasteiger partial charge in [-0.05, 0) is 12.8 Å². The lowest BCUT2D eigenvalue weighted by molar-refractivity contribution is -0.303. The van der Waals surface area contributed by atoms with Crippen LogP contribution in [-0.4, -0.2) is 98.7 Å². The minimum atomic E-state index is -1.60. The van der Waals surface area contributed by atoms with Crippen molar-refractivity contribution >= 4 is 5.91 Å². The number of amides is 1. The third kappa shape index (κ3) is 25.1. The quantitative estimate of drug-likeness (QED) is 0.0313. The summed E-state index contributed by atoms with van der Waals surface area (Å²) in [5.74, 6) is -0.255. The van der Waals surface area contributed by atoms with E-state index in [2.05, 4.69) is 19.2 Å². The van der Waals surface area contributed by atoms with Gasteiger partial charge in [0.25, 0.3) is 0 Å². The van der Waals surface area contributed by atoms with Gasteiger partial charge in [-0.15, -0.1) is 0 Å². The van der Waals surface area contributed by atoms with E-state index < -0.39 is 55.6 Å². The van der Waals surface area contributed by atoms with Gasteiger partial charge in [0.1, 0.15) is 30.5 Å². The lowest BCUT2D eigenvalue weighted by Gasteiger charge is -2.40. The van der Waals surface area contributed by atoms with Crippen molar-refractivity contribution in [2.75, 3.05) is 13.2 Å². The summed E-state index contributed by atoms with van der Waals surface area (Å²) in [4.78, 5) is 13.0. The molecule has 1 amide bonds. The Morgan fingerprint density at radius 1 is 0.585 bits per heavy atom. The molecular weight excluding hydrogens is 674 g/mol. The number of carbonyl (C=O) groups is 1. The van der Waals surface area contributed by atoms with Gasteiger partial charge in [0.15, 0.2) is 6.29 Å². The maximum Gasteiger partial charge on any atom is 0.220 e. The van der Waals surface area contributed by atoms with Crippen molar-refractivity contribution in [2.45, 2.75) is 255 Å². The molecule has 0 aromatic carbocycles. The number of nitrogens with one attached hydrogen (secondary N) is 1. The minimum Gasteiger partial charge on any atom is -0.394 e. The first kappa shape index (κ1) is 50.2. The second-order valence-electron chi connectivity index (χ2n) is 16.0. The molecule has 1 rings (SSSR count). The number of aliphatic hydroxyl groups excluding tert-OH is 6. The monoisotopic (exact) mass is 760 g/mol. The molecule has 1 fully saturated rings. The normalized spacial score (nSPS) is 22.2. The van der Waals surface area contributed by atoms with Crippen LogP contribution in [0.2, 0.25) is 0 Å². The van der Waals surface area contributed by atoms with Crippen LogP contribution in [0.4, 0.5) is 0 Å². The lowest BCUT2D eigenvalue weighted by atomic mass is 9.98. The van der Waals surface area contributed by atoms with Crippen LogP contribution in [0.3, 0.4) is 0 Å². The molecular formula is C43H85NO9. The highest BCUT2D eigenvalue weighted by molar-refractivity contribution is 5.76. The molecule has 0 saturated carbocycles. The first-order chi connectivity index (χ1) is 25.8. The van der Waals surface area contributed by atoms with E-state index in [0.29, 0.717) is 6.42 Å². The van der Waals surface area contributed by atoms with Crippen LogP contribution in [0.1, 0.15) is 206 Å². The van der Waals surface area contributed by atoms with E-state index >= 15 is 0 Å². The van der Waals surface area contributed by atoms with Gasteiger partial charge in [-0.25, -0.2) is 0 Å². The van der Waals surface area contributed by atoms with Gasteiger partial charge in [-0.1, -0.05) is 187 Å².